The highest BCUT2D eigenvalue weighted by molar-refractivity contribution is 5.97. The fraction of sp³-hybridized carbons (Fsp3) is 0.824. The third-order valence-electron chi connectivity index (χ3n) is 3.58. The average Bonchev–Trinajstić information content (AvgIpc) is 2.46. The van der Waals surface area contributed by atoms with Crippen LogP contribution < -0.4 is 5.32 Å². The fourth-order valence-electron chi connectivity index (χ4n) is 2.28. The Balaban J connectivity index is 0.000000461. The van der Waals surface area contributed by atoms with Crippen LogP contribution in [0.5, 0.6) is 0 Å². The summed E-state index contributed by atoms with van der Waals surface area (Å²) < 4.78 is 0. The van der Waals surface area contributed by atoms with Crippen LogP contribution in [-0.2, 0) is 14.4 Å². The second kappa shape index (κ2) is 14.5. The van der Waals surface area contributed by atoms with E-state index in [1.807, 2.05) is 0 Å². The van der Waals surface area contributed by atoms with E-state index in [1.165, 1.54) is 44.9 Å². The summed E-state index contributed by atoms with van der Waals surface area (Å²) in [6, 6.07) is 0. The van der Waals surface area contributed by atoms with Gasteiger partial charge in [-0.2, -0.15) is 0 Å². The molecule has 0 aliphatic carbocycles. The van der Waals surface area contributed by atoms with Gasteiger partial charge in [-0.15, -0.1) is 0 Å². The maximum absolute atomic E-state index is 10.3. The van der Waals surface area contributed by atoms with E-state index in [-0.39, 0.29) is 11.8 Å². The molecule has 0 bridgehead atoms. The number of amides is 2. The molecule has 5 heteroatoms. The molecule has 1 rings (SSSR count). The van der Waals surface area contributed by atoms with Crippen molar-refractivity contribution in [2.75, 3.05) is 0 Å². The third-order valence-corrected chi connectivity index (χ3v) is 3.58. The van der Waals surface area contributed by atoms with Crippen molar-refractivity contribution in [3.05, 3.63) is 0 Å². The number of hydrogen-bond donors (Lipinski definition) is 2. The Labute approximate surface area is 133 Å². The lowest BCUT2D eigenvalue weighted by atomic mass is 10.1. The molecule has 0 spiro atoms. The number of nitrogens with one attached hydrogen (secondary N) is 1. The van der Waals surface area contributed by atoms with Crippen molar-refractivity contribution in [2.45, 2.75) is 90.4 Å². The van der Waals surface area contributed by atoms with Crippen LogP contribution in [0.4, 0.5) is 0 Å². The topological polar surface area (TPSA) is 83.5 Å². The fourth-order valence-corrected chi connectivity index (χ4v) is 2.28. The summed E-state index contributed by atoms with van der Waals surface area (Å²) in [6.45, 7) is 2.23. The summed E-state index contributed by atoms with van der Waals surface area (Å²) >= 11 is 0. The van der Waals surface area contributed by atoms with E-state index < -0.39 is 5.97 Å². The van der Waals surface area contributed by atoms with Gasteiger partial charge in [0.05, 0.1) is 0 Å². The van der Waals surface area contributed by atoms with Gasteiger partial charge in [0.25, 0.3) is 0 Å². The zero-order valence-electron chi connectivity index (χ0n) is 13.9. The van der Waals surface area contributed by atoms with E-state index in [9.17, 15) is 14.4 Å². The Morgan fingerprint density at radius 3 is 1.73 bits per heavy atom. The predicted octanol–water partition coefficient (Wildman–Crippen LogP) is 3.81. The van der Waals surface area contributed by atoms with Crippen LogP contribution in [0, 0.1) is 0 Å². The van der Waals surface area contributed by atoms with E-state index in [0.29, 0.717) is 25.7 Å². The Bertz CT molecular complexity index is 315. The summed E-state index contributed by atoms with van der Waals surface area (Å²) in [5, 5.41) is 10.6. The number of carbonyl (C=O) groups is 3. The van der Waals surface area contributed by atoms with Crippen molar-refractivity contribution in [3.63, 3.8) is 0 Å². The van der Waals surface area contributed by atoms with Gasteiger partial charge in [0.2, 0.25) is 11.8 Å². The first-order chi connectivity index (χ1) is 10.6. The van der Waals surface area contributed by atoms with E-state index in [1.54, 1.807) is 0 Å². The highest BCUT2D eigenvalue weighted by Crippen LogP contribution is 2.10. The zero-order valence-corrected chi connectivity index (χ0v) is 13.9. The normalized spacial score (nSPS) is 14.0. The lowest BCUT2D eigenvalue weighted by Gasteiger charge is -2.07. The molecule has 0 saturated carbocycles. The van der Waals surface area contributed by atoms with E-state index in [0.717, 1.165) is 12.8 Å². The van der Waals surface area contributed by atoms with Crippen LogP contribution in [0.1, 0.15) is 90.4 Å². The summed E-state index contributed by atoms with van der Waals surface area (Å²) in [5.41, 5.74) is 0. The first-order valence-corrected chi connectivity index (χ1v) is 8.60. The standard InChI is InChI=1S/C12H24O2.C5H7NO2/c1-2-3-4-5-6-7-8-9-10-11-12(13)14;7-4-2-1-3-5(8)6-4/h2-11H2,1H3,(H,13,14);1-3H2,(H,6,7,8). The largest absolute Gasteiger partial charge is 0.481 e. The number of piperidine rings is 1. The number of unbranched alkanes of at least 4 members (excludes halogenated alkanes) is 8. The number of carboxylic acids is 1. The van der Waals surface area contributed by atoms with Crippen molar-refractivity contribution in [1.29, 1.82) is 0 Å². The molecule has 1 aliphatic heterocycles. The Morgan fingerprint density at radius 1 is 0.909 bits per heavy atom. The molecule has 0 atom stereocenters. The minimum Gasteiger partial charge on any atom is -0.481 e. The molecule has 1 aliphatic rings. The summed E-state index contributed by atoms with van der Waals surface area (Å²) in [7, 11) is 0. The SMILES string of the molecule is CCCCCCCCCCCC(=O)O.O=C1CCCC(=O)N1. The first-order valence-electron chi connectivity index (χ1n) is 8.60. The van der Waals surface area contributed by atoms with Crippen molar-refractivity contribution < 1.29 is 19.5 Å². The molecule has 2 N–H and O–H groups in total. The van der Waals surface area contributed by atoms with Gasteiger partial charge in [-0.25, -0.2) is 0 Å². The van der Waals surface area contributed by atoms with Gasteiger partial charge in [-0.05, 0) is 12.8 Å². The molecule has 0 unspecified atom stereocenters. The molecule has 1 saturated heterocycles. The number of carboxylic acid groups (broad SMARTS) is 1. The smallest absolute Gasteiger partial charge is 0.303 e. The van der Waals surface area contributed by atoms with E-state index in [4.69, 9.17) is 5.11 Å². The van der Waals surface area contributed by atoms with Crippen LogP contribution in [0.2, 0.25) is 0 Å². The molecule has 1 heterocycles. The number of carbonyl (C=O) groups excluding carboxylic acids is 2. The highest BCUT2D eigenvalue weighted by Gasteiger charge is 2.12. The van der Waals surface area contributed by atoms with Gasteiger partial charge in [0, 0.05) is 19.3 Å². The van der Waals surface area contributed by atoms with Crippen LogP contribution in [0.15, 0.2) is 0 Å². The van der Waals surface area contributed by atoms with Crippen LogP contribution in [0.3, 0.4) is 0 Å². The number of aliphatic carboxylic acids is 1. The number of hydrogen-bond acceptors (Lipinski definition) is 3. The third kappa shape index (κ3) is 15.0. The van der Waals surface area contributed by atoms with Gasteiger partial charge in [-0.1, -0.05) is 58.3 Å². The molecule has 2 amide bonds. The van der Waals surface area contributed by atoms with Crippen molar-refractivity contribution in [2.24, 2.45) is 0 Å². The highest BCUT2D eigenvalue weighted by atomic mass is 16.4. The molecule has 0 aromatic carbocycles. The molecule has 0 aromatic heterocycles. The monoisotopic (exact) mass is 313 g/mol. The zero-order chi connectivity index (χ0) is 16.6. The number of rotatable bonds is 10. The van der Waals surface area contributed by atoms with Crippen LogP contribution in [0.25, 0.3) is 0 Å². The van der Waals surface area contributed by atoms with Crippen LogP contribution >= 0.6 is 0 Å². The minimum atomic E-state index is -0.659. The van der Waals surface area contributed by atoms with Gasteiger partial charge in [-0.3, -0.25) is 19.7 Å². The van der Waals surface area contributed by atoms with Gasteiger partial charge >= 0.3 is 5.97 Å². The Kier molecular flexibility index (Phi) is 13.6. The first kappa shape index (κ1) is 20.6. The predicted molar refractivity (Wildman–Crippen MR) is 86.5 cm³/mol. The van der Waals surface area contributed by atoms with Crippen LogP contribution in [-0.4, -0.2) is 22.9 Å². The van der Waals surface area contributed by atoms with E-state index in [2.05, 4.69) is 12.2 Å². The van der Waals surface area contributed by atoms with Crippen molar-refractivity contribution in [3.8, 4) is 0 Å². The Hall–Kier alpha value is -1.39. The van der Waals surface area contributed by atoms with Gasteiger partial charge in [0.1, 0.15) is 0 Å². The van der Waals surface area contributed by atoms with Gasteiger partial charge < -0.3 is 5.11 Å². The Morgan fingerprint density at radius 2 is 1.36 bits per heavy atom. The summed E-state index contributed by atoms with van der Waals surface area (Å²) in [5.74, 6) is -0.935. The second-order valence-corrected chi connectivity index (χ2v) is 5.80. The molecule has 0 radical (unpaired) electrons. The van der Waals surface area contributed by atoms with Crippen molar-refractivity contribution >= 4 is 17.8 Å². The lowest BCUT2D eigenvalue weighted by molar-refractivity contribution is -0.137. The van der Waals surface area contributed by atoms with Gasteiger partial charge in [0.15, 0.2) is 0 Å². The summed E-state index contributed by atoms with van der Waals surface area (Å²) in [6.07, 6.45) is 13.2. The molecule has 22 heavy (non-hydrogen) atoms. The quantitative estimate of drug-likeness (QED) is 0.474. The van der Waals surface area contributed by atoms with E-state index >= 15 is 0 Å². The second-order valence-electron chi connectivity index (χ2n) is 5.80. The van der Waals surface area contributed by atoms with Crippen molar-refractivity contribution in [1.82, 2.24) is 5.32 Å². The minimum absolute atomic E-state index is 0.138. The number of imide groups is 1. The molecule has 128 valence electrons. The molecule has 5 nitrogen and oxygen atoms in total. The summed E-state index contributed by atoms with van der Waals surface area (Å²) in [4.78, 5) is 30.9. The maximum Gasteiger partial charge on any atom is 0.303 e. The average molecular weight is 313 g/mol. The lowest BCUT2D eigenvalue weighted by Crippen LogP contribution is -2.33. The maximum atomic E-state index is 10.3. The molecule has 1 fully saturated rings. The molecule has 0 aromatic rings. The molecular weight excluding hydrogens is 282 g/mol. The molecular formula is C17H31NO4.